The average Bonchev–Trinajstić information content (AvgIpc) is 2.28. The predicted octanol–water partition coefficient (Wildman–Crippen LogP) is 2.62. The molecule has 94 valence electrons. The first-order valence-electron chi connectivity index (χ1n) is 4.89. The summed E-state index contributed by atoms with van der Waals surface area (Å²) in [5.74, 6) is -0.0694. The Kier molecular flexibility index (Phi) is 3.05. The SMILES string of the molecule is Nc1ccc(-c2cccc(OC(F)(F)F)c2)nn1. The van der Waals surface area contributed by atoms with E-state index in [1.54, 1.807) is 12.1 Å². The second-order valence-electron chi connectivity index (χ2n) is 3.42. The third-order valence-corrected chi connectivity index (χ3v) is 2.05. The molecule has 0 aliphatic rings. The Balaban J connectivity index is 2.29. The van der Waals surface area contributed by atoms with Crippen molar-refractivity contribution in [3.05, 3.63) is 36.4 Å². The summed E-state index contributed by atoms with van der Waals surface area (Å²) in [5.41, 5.74) is 6.25. The number of anilines is 1. The molecule has 0 radical (unpaired) electrons. The Morgan fingerprint density at radius 1 is 1.06 bits per heavy atom. The normalized spacial score (nSPS) is 11.3. The molecule has 4 nitrogen and oxygen atoms in total. The number of benzene rings is 1. The molecule has 18 heavy (non-hydrogen) atoms. The lowest BCUT2D eigenvalue weighted by Gasteiger charge is -2.09. The zero-order valence-electron chi connectivity index (χ0n) is 8.98. The van der Waals surface area contributed by atoms with Crippen molar-refractivity contribution in [2.24, 2.45) is 0 Å². The smallest absolute Gasteiger partial charge is 0.406 e. The minimum atomic E-state index is -4.72. The maximum absolute atomic E-state index is 12.1. The molecule has 0 saturated heterocycles. The van der Waals surface area contributed by atoms with Crippen LogP contribution in [0.1, 0.15) is 0 Å². The van der Waals surface area contributed by atoms with Crippen molar-refractivity contribution in [1.29, 1.82) is 0 Å². The Hall–Kier alpha value is -2.31. The molecule has 7 heteroatoms. The second-order valence-corrected chi connectivity index (χ2v) is 3.42. The van der Waals surface area contributed by atoms with Gasteiger partial charge in [-0.05, 0) is 24.3 Å². The highest BCUT2D eigenvalue weighted by atomic mass is 19.4. The molecule has 2 rings (SSSR count). The van der Waals surface area contributed by atoms with Gasteiger partial charge in [0.2, 0.25) is 0 Å². The lowest BCUT2D eigenvalue weighted by molar-refractivity contribution is -0.274. The van der Waals surface area contributed by atoms with Crippen molar-refractivity contribution in [2.45, 2.75) is 6.36 Å². The van der Waals surface area contributed by atoms with Gasteiger partial charge < -0.3 is 10.5 Å². The molecule has 2 N–H and O–H groups in total. The Labute approximate surface area is 100 Å². The minimum absolute atomic E-state index is 0.237. The van der Waals surface area contributed by atoms with Crippen LogP contribution in [0.15, 0.2) is 36.4 Å². The number of nitrogens with two attached hydrogens (primary N) is 1. The number of hydrogen-bond acceptors (Lipinski definition) is 4. The molecule has 0 amide bonds. The highest BCUT2D eigenvalue weighted by Gasteiger charge is 2.31. The molecule has 1 aromatic carbocycles. The molecule has 0 atom stereocenters. The molecule has 2 aromatic rings. The van der Waals surface area contributed by atoms with Crippen molar-refractivity contribution < 1.29 is 17.9 Å². The fraction of sp³-hybridized carbons (Fsp3) is 0.0909. The van der Waals surface area contributed by atoms with Crippen molar-refractivity contribution >= 4 is 5.82 Å². The predicted molar refractivity (Wildman–Crippen MR) is 58.6 cm³/mol. The molecule has 1 aromatic heterocycles. The van der Waals surface area contributed by atoms with Gasteiger partial charge in [-0.1, -0.05) is 12.1 Å². The van der Waals surface area contributed by atoms with Crippen LogP contribution in [0.2, 0.25) is 0 Å². The van der Waals surface area contributed by atoms with Crippen LogP contribution in [-0.2, 0) is 0 Å². The number of rotatable bonds is 2. The van der Waals surface area contributed by atoms with Crippen LogP contribution in [-0.4, -0.2) is 16.6 Å². The van der Waals surface area contributed by atoms with Gasteiger partial charge in [0.05, 0.1) is 5.69 Å². The zero-order chi connectivity index (χ0) is 13.2. The average molecular weight is 255 g/mol. The van der Waals surface area contributed by atoms with Gasteiger partial charge in [-0.15, -0.1) is 23.4 Å². The fourth-order valence-corrected chi connectivity index (χ4v) is 1.35. The largest absolute Gasteiger partial charge is 0.573 e. The van der Waals surface area contributed by atoms with Gasteiger partial charge in [0.1, 0.15) is 11.6 Å². The summed E-state index contributed by atoms with van der Waals surface area (Å²) in [6, 6.07) is 8.56. The highest BCUT2D eigenvalue weighted by Crippen LogP contribution is 2.26. The lowest BCUT2D eigenvalue weighted by atomic mass is 10.1. The van der Waals surface area contributed by atoms with Gasteiger partial charge in [-0.3, -0.25) is 0 Å². The molecule has 0 aliphatic heterocycles. The van der Waals surface area contributed by atoms with Crippen LogP contribution >= 0.6 is 0 Å². The monoisotopic (exact) mass is 255 g/mol. The number of hydrogen-bond donors (Lipinski definition) is 1. The van der Waals surface area contributed by atoms with Crippen molar-refractivity contribution in [1.82, 2.24) is 10.2 Å². The van der Waals surface area contributed by atoms with E-state index in [-0.39, 0.29) is 11.6 Å². The number of halogens is 3. The summed E-state index contributed by atoms with van der Waals surface area (Å²) in [6.45, 7) is 0. The first-order valence-corrected chi connectivity index (χ1v) is 4.89. The summed E-state index contributed by atoms with van der Waals surface area (Å²) < 4.78 is 40.0. The minimum Gasteiger partial charge on any atom is -0.406 e. The van der Waals surface area contributed by atoms with Crippen LogP contribution in [0.4, 0.5) is 19.0 Å². The Bertz CT molecular complexity index is 540. The molecule has 1 heterocycles. The standard InChI is InChI=1S/C11H8F3N3O/c12-11(13,14)18-8-3-1-2-7(6-8)9-4-5-10(15)17-16-9/h1-6H,(H2,15,17). The highest BCUT2D eigenvalue weighted by molar-refractivity contribution is 5.61. The van der Waals surface area contributed by atoms with E-state index in [9.17, 15) is 13.2 Å². The Morgan fingerprint density at radius 3 is 2.44 bits per heavy atom. The summed E-state index contributed by atoms with van der Waals surface area (Å²) in [5, 5.41) is 7.40. The van der Waals surface area contributed by atoms with Gasteiger partial charge in [-0.25, -0.2) is 0 Å². The molecule has 0 unspecified atom stereocenters. The van der Waals surface area contributed by atoms with Gasteiger partial charge >= 0.3 is 6.36 Å². The zero-order valence-corrected chi connectivity index (χ0v) is 8.98. The summed E-state index contributed by atoms with van der Waals surface area (Å²) in [6.07, 6.45) is -4.72. The fourth-order valence-electron chi connectivity index (χ4n) is 1.35. The van der Waals surface area contributed by atoms with Gasteiger partial charge in [-0.2, -0.15) is 0 Å². The van der Waals surface area contributed by atoms with Crippen molar-refractivity contribution in [2.75, 3.05) is 5.73 Å². The van der Waals surface area contributed by atoms with Crippen LogP contribution in [0.3, 0.4) is 0 Å². The van der Waals surface area contributed by atoms with Crippen LogP contribution in [0.25, 0.3) is 11.3 Å². The van der Waals surface area contributed by atoms with E-state index in [1.165, 1.54) is 24.3 Å². The van der Waals surface area contributed by atoms with E-state index in [1.807, 2.05) is 0 Å². The molecule has 0 bridgehead atoms. The molecular formula is C11H8F3N3O. The van der Waals surface area contributed by atoms with Gasteiger partial charge in [0.15, 0.2) is 0 Å². The van der Waals surface area contributed by atoms with Crippen LogP contribution in [0.5, 0.6) is 5.75 Å². The molecule has 0 spiro atoms. The number of alkyl halides is 3. The van der Waals surface area contributed by atoms with E-state index in [4.69, 9.17) is 5.73 Å². The third-order valence-electron chi connectivity index (χ3n) is 2.05. The van der Waals surface area contributed by atoms with Crippen molar-refractivity contribution in [3.8, 4) is 17.0 Å². The summed E-state index contributed by atoms with van der Waals surface area (Å²) in [7, 11) is 0. The quantitative estimate of drug-likeness (QED) is 0.896. The molecule has 0 saturated carbocycles. The van der Waals surface area contributed by atoms with E-state index in [2.05, 4.69) is 14.9 Å². The number of nitrogen functional groups attached to an aromatic ring is 1. The number of nitrogens with zero attached hydrogens (tertiary/aromatic N) is 2. The maximum atomic E-state index is 12.1. The molecule has 0 fully saturated rings. The summed E-state index contributed by atoms with van der Waals surface area (Å²) >= 11 is 0. The van der Waals surface area contributed by atoms with Gasteiger partial charge in [0.25, 0.3) is 0 Å². The van der Waals surface area contributed by atoms with Crippen molar-refractivity contribution in [3.63, 3.8) is 0 Å². The number of ether oxygens (including phenoxy) is 1. The lowest BCUT2D eigenvalue weighted by Crippen LogP contribution is -2.17. The second kappa shape index (κ2) is 4.52. The maximum Gasteiger partial charge on any atom is 0.573 e. The number of aromatic nitrogens is 2. The van der Waals surface area contributed by atoms with Crippen LogP contribution < -0.4 is 10.5 Å². The van der Waals surface area contributed by atoms with E-state index >= 15 is 0 Å². The molecular weight excluding hydrogens is 247 g/mol. The van der Waals surface area contributed by atoms with Crippen LogP contribution in [0, 0.1) is 0 Å². The van der Waals surface area contributed by atoms with E-state index in [0.717, 1.165) is 0 Å². The summed E-state index contributed by atoms with van der Waals surface area (Å²) in [4.78, 5) is 0. The first-order chi connectivity index (χ1) is 8.44. The Morgan fingerprint density at radius 2 is 1.83 bits per heavy atom. The molecule has 0 aliphatic carbocycles. The van der Waals surface area contributed by atoms with E-state index < -0.39 is 6.36 Å². The topological polar surface area (TPSA) is 61.0 Å². The van der Waals surface area contributed by atoms with Gasteiger partial charge in [0, 0.05) is 5.56 Å². The first kappa shape index (κ1) is 12.2. The third kappa shape index (κ3) is 3.09. The van der Waals surface area contributed by atoms with E-state index in [0.29, 0.717) is 11.3 Å².